The predicted octanol–water partition coefficient (Wildman–Crippen LogP) is 7.82. The highest BCUT2D eigenvalue weighted by Crippen LogP contribution is 2.52. The molecule has 0 atom stereocenters. The molecule has 2 N–H and O–H groups in total. The molecule has 0 bridgehead atoms. The third kappa shape index (κ3) is 9.54. The summed E-state index contributed by atoms with van der Waals surface area (Å²) in [5.41, 5.74) is 7.06. The van der Waals surface area contributed by atoms with E-state index in [0.29, 0.717) is 106 Å². The number of hydroxylamine groups is 2. The van der Waals surface area contributed by atoms with Gasteiger partial charge in [-0.3, -0.25) is 18.7 Å². The van der Waals surface area contributed by atoms with Crippen LogP contribution in [-0.2, 0) is 58.8 Å². The second-order valence-electron chi connectivity index (χ2n) is 20.0. The van der Waals surface area contributed by atoms with E-state index < -0.39 is 49.3 Å². The van der Waals surface area contributed by atoms with E-state index in [4.69, 9.17) is 14.6 Å². The van der Waals surface area contributed by atoms with Gasteiger partial charge in [0.1, 0.15) is 23.1 Å². The summed E-state index contributed by atoms with van der Waals surface area (Å²) in [4.78, 5) is 49.1. The Morgan fingerprint density at radius 3 is 2.35 bits per heavy atom. The maximum atomic E-state index is 12.7. The fourth-order valence-electron chi connectivity index (χ4n) is 10.3. The molecule has 4 aliphatic heterocycles. The van der Waals surface area contributed by atoms with Gasteiger partial charge in [0, 0.05) is 65.4 Å². The summed E-state index contributed by atoms with van der Waals surface area (Å²) in [5, 5.41) is 2.09. The molecule has 1 fully saturated rings. The van der Waals surface area contributed by atoms with Crippen LogP contribution in [-0.4, -0.2) is 76.2 Å². The second kappa shape index (κ2) is 18.0. The van der Waals surface area contributed by atoms with Crippen molar-refractivity contribution in [1.82, 2.24) is 14.6 Å². The van der Waals surface area contributed by atoms with E-state index >= 15 is 0 Å². The van der Waals surface area contributed by atoms with Crippen molar-refractivity contribution in [1.29, 1.82) is 0 Å². The molecule has 0 spiro atoms. The Morgan fingerprint density at radius 2 is 1.69 bits per heavy atom. The predicted molar refractivity (Wildman–Crippen MR) is 260 cm³/mol. The molecule has 0 radical (unpaired) electrons. The number of amides is 2. The molecular weight excluding hydrogens is 909 g/mol. The number of benzene rings is 3. The van der Waals surface area contributed by atoms with E-state index in [9.17, 15) is 40.3 Å². The van der Waals surface area contributed by atoms with Crippen LogP contribution in [0.2, 0.25) is 0 Å². The molecule has 68 heavy (non-hydrogen) atoms. The second-order valence-corrected chi connectivity index (χ2v) is 22.9. The molecule has 17 heteroatoms. The third-order valence-corrected chi connectivity index (χ3v) is 14.7. The zero-order valence-corrected chi connectivity index (χ0v) is 41.5. The van der Waals surface area contributed by atoms with Crippen molar-refractivity contribution in [3.05, 3.63) is 86.6 Å². The smallest absolute Gasteiger partial charge is 0.333 e. The van der Waals surface area contributed by atoms with Crippen LogP contribution in [0.4, 0.5) is 5.69 Å². The summed E-state index contributed by atoms with van der Waals surface area (Å²) in [5.74, 6) is -0.730. The molecule has 15 nitrogen and oxygen atoms in total. The van der Waals surface area contributed by atoms with Gasteiger partial charge in [0.15, 0.2) is 0 Å². The Bertz CT molecular complexity index is 3200. The van der Waals surface area contributed by atoms with E-state index in [1.165, 1.54) is 12.1 Å². The van der Waals surface area contributed by atoms with Gasteiger partial charge >= 0.3 is 5.97 Å². The van der Waals surface area contributed by atoms with E-state index in [1.54, 1.807) is 6.07 Å². The maximum Gasteiger partial charge on any atom is 0.333 e. The fraction of sp³-hybridized carbons (Fsp3) is 0.451. The molecule has 1 saturated heterocycles. The van der Waals surface area contributed by atoms with Crippen LogP contribution >= 0.6 is 0 Å². The summed E-state index contributed by atoms with van der Waals surface area (Å²) in [6.07, 6.45) is 9.28. The van der Waals surface area contributed by atoms with Crippen molar-refractivity contribution in [2.45, 2.75) is 136 Å². The van der Waals surface area contributed by atoms with Gasteiger partial charge in [0.25, 0.3) is 32.1 Å². The maximum absolute atomic E-state index is 12.7. The number of fused-ring (bicyclic) bond motifs is 4. The number of hydrogen-bond donors (Lipinski definition) is 2. The van der Waals surface area contributed by atoms with E-state index in [1.807, 2.05) is 30.6 Å². The summed E-state index contributed by atoms with van der Waals surface area (Å²) in [7, 11) is -9.10. The van der Waals surface area contributed by atoms with Gasteiger partial charge in [0.05, 0.1) is 27.2 Å². The summed E-state index contributed by atoms with van der Waals surface area (Å²) >= 11 is 0. The van der Waals surface area contributed by atoms with Crippen LogP contribution in [0, 0.1) is 5.41 Å². The highest BCUT2D eigenvalue weighted by atomic mass is 32.2. The molecule has 0 unspecified atom stereocenters. The van der Waals surface area contributed by atoms with Gasteiger partial charge in [0.2, 0.25) is 0 Å². The molecule has 362 valence electrons. The summed E-state index contributed by atoms with van der Waals surface area (Å²) < 4.78 is 80.4. The number of imidazole rings is 1. The normalized spacial score (nSPS) is 17.0. The lowest BCUT2D eigenvalue weighted by Gasteiger charge is -2.47. The first-order valence-corrected chi connectivity index (χ1v) is 26.4. The van der Waals surface area contributed by atoms with Gasteiger partial charge in [-0.2, -0.15) is 16.8 Å². The number of carbonyl (C=O) groups is 3. The van der Waals surface area contributed by atoms with Gasteiger partial charge in [-0.05, 0) is 117 Å². The highest BCUT2D eigenvalue weighted by molar-refractivity contribution is 7.86. The van der Waals surface area contributed by atoms with E-state index in [-0.39, 0.29) is 29.6 Å². The van der Waals surface area contributed by atoms with Crippen LogP contribution in [0.25, 0.3) is 34.3 Å². The number of nitrogens with zero attached hydrogens (tertiary/aromatic N) is 4. The Labute approximate surface area is 397 Å². The Morgan fingerprint density at radius 1 is 0.971 bits per heavy atom. The number of hydrogen-bond acceptors (Lipinski definition) is 11. The van der Waals surface area contributed by atoms with Crippen molar-refractivity contribution in [3.8, 4) is 11.5 Å². The number of ether oxygens (including phenoxy) is 1. The van der Waals surface area contributed by atoms with Crippen LogP contribution in [0.5, 0.6) is 11.5 Å². The Kier molecular flexibility index (Phi) is 13.0. The number of imide groups is 1. The average molecular weight is 969 g/mol. The molecule has 0 aliphatic carbocycles. The molecular formula is C51H60N4O11S2. The zero-order chi connectivity index (χ0) is 49.2. The largest absolute Gasteiger partial charge is 0.455 e. The van der Waals surface area contributed by atoms with Crippen LogP contribution in [0.3, 0.4) is 0 Å². The van der Waals surface area contributed by atoms with Gasteiger partial charge in [-0.15, -0.1) is 5.06 Å². The molecule has 2 amide bonds. The number of rotatable bonds is 15. The van der Waals surface area contributed by atoms with Crippen LogP contribution in [0.1, 0.15) is 140 Å². The van der Waals surface area contributed by atoms with Crippen LogP contribution < -0.4 is 20.1 Å². The lowest BCUT2D eigenvalue weighted by atomic mass is 9.80. The van der Waals surface area contributed by atoms with E-state index in [0.717, 1.165) is 52.4 Å². The first kappa shape index (κ1) is 48.8. The number of aryl methyl sites for hydroxylation is 1. The fourth-order valence-corrected chi connectivity index (χ4v) is 11.4. The number of carbonyl (C=O) groups excluding carboxylic acids is 3. The monoisotopic (exact) mass is 968 g/mol. The lowest BCUT2D eigenvalue weighted by Crippen LogP contribution is -2.48. The molecule has 4 aromatic rings. The van der Waals surface area contributed by atoms with Crippen molar-refractivity contribution in [2.24, 2.45) is 5.41 Å². The van der Waals surface area contributed by atoms with Crippen molar-refractivity contribution >= 4 is 78.0 Å². The first-order chi connectivity index (χ1) is 31.9. The molecule has 8 rings (SSSR count). The standard InChI is InChI=1S/C51H60N4O11S2/c1-9-10-15-34-31(3)36(30(2)27-50(4,5)6)25-38-45(39-26-37-32(29-67(59,60)61)28-51(7,8)54-23-14-16-35(46(37)54)48(39)65-47(34)38)49-52-40-24-33(68(62,63)64)18-19-41(40)53(49)22-13-11-12-17-44(58)66-55-42(56)20-21-43(55)57/h18-19,24-28H,3,9-17,20-23,29H2,1-2,4-8H3,(H,59,60,61)(H,62,63,64)/b30-27-. The highest BCUT2D eigenvalue weighted by Gasteiger charge is 2.41. The Hall–Kier alpha value is -5.62. The molecule has 3 aromatic carbocycles. The third-order valence-electron chi connectivity index (χ3n) is 13.1. The lowest BCUT2D eigenvalue weighted by molar-refractivity contribution is -0.197. The van der Waals surface area contributed by atoms with Crippen LogP contribution in [0.15, 0.2) is 47.4 Å². The van der Waals surface area contributed by atoms with E-state index in [2.05, 4.69) is 58.2 Å². The number of unbranched alkanes of at least 4 members (excludes halogenated alkanes) is 3. The zero-order valence-electron chi connectivity index (χ0n) is 39.8. The van der Waals surface area contributed by atoms with Crippen molar-refractivity contribution in [3.63, 3.8) is 0 Å². The van der Waals surface area contributed by atoms with Gasteiger partial charge in [-0.1, -0.05) is 59.3 Å². The minimum Gasteiger partial charge on any atom is -0.455 e. The number of anilines is 1. The average Bonchev–Trinajstić information content (AvgIpc) is 3.76. The SMILES string of the molecule is C=c1c(/C(C)=C\C(C)(C)C)cc2c(c1CCCC)Oc1c(cc3c4c1CCCN4C(C)(C)C=C3CS(=O)(=O)O)C=2c1nc2cc(S(=O)(=O)O)ccc2n1CCCCCC(=O)ON1C(=O)CCC1=O. The quantitative estimate of drug-likeness (QED) is 0.0585. The van der Waals surface area contributed by atoms with Gasteiger partial charge in [-0.25, -0.2) is 9.78 Å². The minimum atomic E-state index is -4.63. The number of allylic oxidation sites excluding steroid dienone is 2. The van der Waals surface area contributed by atoms with Crippen molar-refractivity contribution < 1.29 is 49.9 Å². The Balaban J connectivity index is 1.39. The minimum absolute atomic E-state index is 0.00690. The molecule has 1 aromatic heterocycles. The summed E-state index contributed by atoms with van der Waals surface area (Å²) in [6, 6.07) is 8.28. The number of aromatic nitrogens is 2. The van der Waals surface area contributed by atoms with Crippen molar-refractivity contribution in [2.75, 3.05) is 17.2 Å². The molecule has 4 aliphatic rings. The van der Waals surface area contributed by atoms with Gasteiger partial charge < -0.3 is 19.0 Å². The summed E-state index contributed by atoms with van der Waals surface area (Å²) in [6.45, 7) is 20.4. The molecule has 5 heterocycles. The molecule has 0 saturated carbocycles. The topological polar surface area (TPSA) is 203 Å². The first-order valence-electron chi connectivity index (χ1n) is 23.3.